The highest BCUT2D eigenvalue weighted by molar-refractivity contribution is 6.00. The first-order valence-electron chi connectivity index (χ1n) is 5.54. The van der Waals surface area contributed by atoms with Gasteiger partial charge in [-0.05, 0) is 6.07 Å². The Morgan fingerprint density at radius 3 is 3.11 bits per heavy atom. The van der Waals surface area contributed by atoms with Crippen LogP contribution in [0.5, 0.6) is 0 Å². The Balaban J connectivity index is 2.04. The second-order valence-electron chi connectivity index (χ2n) is 3.87. The fourth-order valence-corrected chi connectivity index (χ4v) is 1.83. The van der Waals surface area contributed by atoms with Gasteiger partial charge < -0.3 is 14.5 Å². The van der Waals surface area contributed by atoms with Crippen molar-refractivity contribution in [3.8, 4) is 0 Å². The Bertz CT molecular complexity index is 645. The first kappa shape index (κ1) is 10.8. The van der Waals surface area contributed by atoms with Crippen LogP contribution < -0.4 is 5.32 Å². The Morgan fingerprint density at radius 1 is 1.50 bits per heavy atom. The van der Waals surface area contributed by atoms with Crippen molar-refractivity contribution in [2.45, 2.75) is 0 Å². The van der Waals surface area contributed by atoms with Crippen LogP contribution in [0.4, 0.5) is 0 Å². The molecule has 0 aromatic carbocycles. The van der Waals surface area contributed by atoms with Crippen LogP contribution in [-0.2, 0) is 4.74 Å². The first-order chi connectivity index (χ1) is 8.78. The number of carbonyl (C=O) groups excluding carboxylic acids is 1. The van der Waals surface area contributed by atoms with E-state index < -0.39 is 5.97 Å². The largest absolute Gasteiger partial charge is 0.465 e. The van der Waals surface area contributed by atoms with Crippen LogP contribution in [0.2, 0.25) is 0 Å². The van der Waals surface area contributed by atoms with E-state index in [1.54, 1.807) is 12.1 Å². The summed E-state index contributed by atoms with van der Waals surface area (Å²) in [5.41, 5.74) is 1.60. The summed E-state index contributed by atoms with van der Waals surface area (Å²) >= 11 is 0. The zero-order chi connectivity index (χ0) is 12.5. The lowest BCUT2D eigenvalue weighted by Crippen LogP contribution is -2.18. The fraction of sp³-hybridized carbons (Fsp3) is 0.250. The maximum atomic E-state index is 11.4. The molecule has 2 aromatic rings. The van der Waals surface area contributed by atoms with Crippen LogP contribution in [0, 0.1) is 0 Å². The third-order valence-electron chi connectivity index (χ3n) is 2.70. The molecule has 0 aliphatic carbocycles. The summed E-state index contributed by atoms with van der Waals surface area (Å²) in [5.74, 6) is 0.934. The minimum absolute atomic E-state index is 0.368. The number of methoxy groups -OCH3 is 1. The molecule has 6 nitrogen and oxygen atoms in total. The summed E-state index contributed by atoms with van der Waals surface area (Å²) in [6, 6.07) is 3.42. The van der Waals surface area contributed by atoms with Gasteiger partial charge in [-0.2, -0.15) is 0 Å². The molecule has 1 aliphatic heterocycles. The minimum atomic E-state index is -0.432. The van der Waals surface area contributed by atoms with Crippen LogP contribution >= 0.6 is 0 Å². The van der Waals surface area contributed by atoms with Gasteiger partial charge in [-0.25, -0.2) is 4.79 Å². The maximum Gasteiger partial charge on any atom is 0.339 e. The summed E-state index contributed by atoms with van der Waals surface area (Å²) in [6.07, 6.45) is 1.47. The normalized spacial score (nSPS) is 14.4. The molecule has 1 N–H and O–H groups in total. The van der Waals surface area contributed by atoms with Gasteiger partial charge >= 0.3 is 5.97 Å². The maximum absolute atomic E-state index is 11.4. The standard InChI is InChI=1S/C12H11N3O3/c1-17-12(16)7-4-9-8(15-6-7)5-10(18-9)11-13-2-3-14-11/h4-6H,2-3H2,1H3,(H,13,14). The van der Waals surface area contributed by atoms with Gasteiger partial charge in [0.1, 0.15) is 5.52 Å². The third-order valence-corrected chi connectivity index (χ3v) is 2.70. The Hall–Kier alpha value is -2.37. The number of aromatic nitrogens is 1. The second-order valence-corrected chi connectivity index (χ2v) is 3.87. The number of amidine groups is 1. The number of pyridine rings is 1. The lowest BCUT2D eigenvalue weighted by molar-refractivity contribution is 0.0600. The zero-order valence-electron chi connectivity index (χ0n) is 9.77. The van der Waals surface area contributed by atoms with Gasteiger partial charge in [0.2, 0.25) is 0 Å². The highest BCUT2D eigenvalue weighted by Crippen LogP contribution is 2.19. The molecule has 3 heterocycles. The van der Waals surface area contributed by atoms with E-state index in [0.717, 1.165) is 18.9 Å². The minimum Gasteiger partial charge on any atom is -0.465 e. The van der Waals surface area contributed by atoms with Gasteiger partial charge in [0, 0.05) is 18.8 Å². The molecule has 0 spiro atoms. The molecule has 0 amide bonds. The number of esters is 1. The quantitative estimate of drug-likeness (QED) is 0.797. The molecule has 3 rings (SSSR count). The highest BCUT2D eigenvalue weighted by atomic mass is 16.5. The monoisotopic (exact) mass is 245 g/mol. The number of aliphatic imine (C=N–C) groups is 1. The van der Waals surface area contributed by atoms with Gasteiger partial charge in [0.25, 0.3) is 0 Å². The van der Waals surface area contributed by atoms with Crippen molar-refractivity contribution in [1.29, 1.82) is 0 Å². The average Bonchev–Trinajstić information content (AvgIpc) is 3.04. The van der Waals surface area contributed by atoms with E-state index in [1.807, 2.05) is 0 Å². The van der Waals surface area contributed by atoms with Crippen LogP contribution in [-0.4, -0.2) is 37.0 Å². The van der Waals surface area contributed by atoms with Crippen molar-refractivity contribution in [3.05, 3.63) is 29.7 Å². The summed E-state index contributed by atoms with van der Waals surface area (Å²) < 4.78 is 10.3. The molecule has 0 atom stereocenters. The molecule has 0 fully saturated rings. The summed E-state index contributed by atoms with van der Waals surface area (Å²) in [7, 11) is 1.33. The van der Waals surface area contributed by atoms with Crippen molar-refractivity contribution in [2.75, 3.05) is 20.2 Å². The van der Waals surface area contributed by atoms with Gasteiger partial charge in [-0.1, -0.05) is 0 Å². The molecule has 0 saturated heterocycles. The molecule has 0 unspecified atom stereocenters. The van der Waals surface area contributed by atoms with Gasteiger partial charge in [-0.15, -0.1) is 0 Å². The number of hydrogen-bond donors (Lipinski definition) is 1. The van der Waals surface area contributed by atoms with Crippen molar-refractivity contribution in [1.82, 2.24) is 10.3 Å². The molecule has 2 aromatic heterocycles. The van der Waals surface area contributed by atoms with Crippen LogP contribution in [0.3, 0.4) is 0 Å². The molecule has 18 heavy (non-hydrogen) atoms. The summed E-state index contributed by atoms with van der Waals surface area (Å²) in [4.78, 5) is 19.8. The van der Waals surface area contributed by atoms with Crippen molar-refractivity contribution in [3.63, 3.8) is 0 Å². The van der Waals surface area contributed by atoms with E-state index in [4.69, 9.17) is 4.42 Å². The third kappa shape index (κ3) is 1.71. The van der Waals surface area contributed by atoms with Crippen molar-refractivity contribution >= 4 is 22.9 Å². The van der Waals surface area contributed by atoms with E-state index in [2.05, 4.69) is 20.0 Å². The number of ether oxygens (including phenoxy) is 1. The van der Waals surface area contributed by atoms with Crippen molar-refractivity contribution in [2.24, 2.45) is 4.99 Å². The van der Waals surface area contributed by atoms with Crippen LogP contribution in [0.1, 0.15) is 16.1 Å². The van der Waals surface area contributed by atoms with Crippen LogP contribution in [0.25, 0.3) is 11.1 Å². The molecular weight excluding hydrogens is 234 g/mol. The van der Waals surface area contributed by atoms with Gasteiger partial charge in [0.15, 0.2) is 17.2 Å². The predicted molar refractivity (Wildman–Crippen MR) is 64.8 cm³/mol. The fourth-order valence-electron chi connectivity index (χ4n) is 1.83. The molecule has 0 saturated carbocycles. The number of nitrogens with zero attached hydrogens (tertiary/aromatic N) is 2. The zero-order valence-corrected chi connectivity index (χ0v) is 9.77. The highest BCUT2D eigenvalue weighted by Gasteiger charge is 2.15. The average molecular weight is 245 g/mol. The second kappa shape index (κ2) is 4.14. The Morgan fingerprint density at radius 2 is 2.39 bits per heavy atom. The molecule has 6 heteroatoms. The van der Waals surface area contributed by atoms with E-state index >= 15 is 0 Å². The van der Waals surface area contributed by atoms with E-state index in [-0.39, 0.29) is 0 Å². The molecule has 92 valence electrons. The lowest BCUT2D eigenvalue weighted by atomic mass is 10.2. The number of hydrogen-bond acceptors (Lipinski definition) is 6. The molecule has 1 aliphatic rings. The number of rotatable bonds is 2. The SMILES string of the molecule is COC(=O)c1cnc2cc(C3=NCCN3)oc2c1. The topological polar surface area (TPSA) is 76.7 Å². The first-order valence-corrected chi connectivity index (χ1v) is 5.54. The Labute approximate surface area is 103 Å². The molecular formula is C12H11N3O3. The van der Waals surface area contributed by atoms with Crippen LogP contribution in [0.15, 0.2) is 27.7 Å². The summed E-state index contributed by atoms with van der Waals surface area (Å²) in [6.45, 7) is 1.56. The van der Waals surface area contributed by atoms with E-state index in [1.165, 1.54) is 13.3 Å². The van der Waals surface area contributed by atoms with Crippen molar-refractivity contribution < 1.29 is 13.9 Å². The summed E-state index contributed by atoms with van der Waals surface area (Å²) in [5, 5.41) is 3.12. The van der Waals surface area contributed by atoms with Gasteiger partial charge in [-0.3, -0.25) is 9.98 Å². The molecule has 0 bridgehead atoms. The smallest absolute Gasteiger partial charge is 0.339 e. The predicted octanol–water partition coefficient (Wildman–Crippen LogP) is 0.964. The Kier molecular flexibility index (Phi) is 2.47. The number of furan rings is 1. The number of nitrogens with one attached hydrogen (secondary N) is 1. The van der Waals surface area contributed by atoms with E-state index in [0.29, 0.717) is 22.4 Å². The number of carbonyl (C=O) groups is 1. The molecule has 0 radical (unpaired) electrons. The van der Waals surface area contributed by atoms with Gasteiger partial charge in [0.05, 0.1) is 19.2 Å². The van der Waals surface area contributed by atoms with E-state index in [9.17, 15) is 4.79 Å². The lowest BCUT2D eigenvalue weighted by Gasteiger charge is -1.97. The number of fused-ring (bicyclic) bond motifs is 1.